The summed E-state index contributed by atoms with van der Waals surface area (Å²) in [4.78, 5) is 11.9. The lowest BCUT2D eigenvalue weighted by molar-refractivity contribution is 0.757. The number of nitrogens with one attached hydrogen (secondary N) is 1. The van der Waals surface area contributed by atoms with E-state index in [1.807, 2.05) is 30.3 Å². The molecule has 1 aromatic carbocycles. The number of H-pyrrole nitrogens is 1. The van der Waals surface area contributed by atoms with Crippen LogP contribution in [0, 0.1) is 0 Å². The van der Waals surface area contributed by atoms with Crippen LogP contribution in [0.25, 0.3) is 11.3 Å². The van der Waals surface area contributed by atoms with Gasteiger partial charge < -0.3 is 4.57 Å². The fourth-order valence-electron chi connectivity index (χ4n) is 2.14. The molecule has 0 bridgehead atoms. The number of hydrogen-bond donors (Lipinski definition) is 1. The van der Waals surface area contributed by atoms with E-state index in [9.17, 15) is 4.79 Å². The molecule has 0 amide bonds. The number of aromatic nitrogens is 3. The molecule has 3 aromatic rings. The minimum Gasteiger partial charge on any atom is -0.310 e. The maximum atomic E-state index is 11.9. The highest BCUT2D eigenvalue weighted by atomic mass is 79.9. The minimum atomic E-state index is -0.0207. The van der Waals surface area contributed by atoms with Crippen LogP contribution >= 0.6 is 15.9 Å². The first-order valence-electron chi connectivity index (χ1n) is 6.18. The van der Waals surface area contributed by atoms with E-state index in [4.69, 9.17) is 0 Å². The Hall–Kier alpha value is -2.14. The second-order valence-corrected chi connectivity index (χ2v) is 5.36. The molecule has 1 N–H and O–H groups in total. The van der Waals surface area contributed by atoms with Crippen molar-refractivity contribution in [1.82, 2.24) is 14.8 Å². The summed E-state index contributed by atoms with van der Waals surface area (Å²) in [7, 11) is 0. The van der Waals surface area contributed by atoms with Crippen LogP contribution in [0.5, 0.6) is 0 Å². The third-order valence-electron chi connectivity index (χ3n) is 3.10. The molecule has 4 nitrogen and oxygen atoms in total. The van der Waals surface area contributed by atoms with Gasteiger partial charge in [0.15, 0.2) is 0 Å². The normalized spacial score (nSPS) is 10.7. The quantitative estimate of drug-likeness (QED) is 0.802. The van der Waals surface area contributed by atoms with Gasteiger partial charge >= 0.3 is 0 Å². The highest BCUT2D eigenvalue weighted by Crippen LogP contribution is 2.22. The van der Waals surface area contributed by atoms with Gasteiger partial charge in [-0.3, -0.25) is 9.89 Å². The zero-order valence-electron chi connectivity index (χ0n) is 10.6. The Labute approximate surface area is 124 Å². The van der Waals surface area contributed by atoms with Crippen molar-refractivity contribution in [3.05, 3.63) is 75.2 Å². The first-order valence-corrected chi connectivity index (χ1v) is 6.97. The maximum absolute atomic E-state index is 11.9. The first-order chi connectivity index (χ1) is 9.74. The summed E-state index contributed by atoms with van der Waals surface area (Å²) >= 11 is 3.39. The Morgan fingerprint density at radius 3 is 2.80 bits per heavy atom. The molecule has 0 spiro atoms. The van der Waals surface area contributed by atoms with Crippen LogP contribution in [0.3, 0.4) is 0 Å². The van der Waals surface area contributed by atoms with Crippen LogP contribution in [0.4, 0.5) is 0 Å². The SMILES string of the molecule is O=c1ccc(Br)cn1Cc1ccccc1-c1ccn[nH]1. The zero-order valence-corrected chi connectivity index (χ0v) is 12.2. The number of benzene rings is 1. The van der Waals surface area contributed by atoms with Gasteiger partial charge in [-0.15, -0.1) is 0 Å². The number of hydrogen-bond acceptors (Lipinski definition) is 2. The van der Waals surface area contributed by atoms with Gasteiger partial charge in [-0.1, -0.05) is 24.3 Å². The van der Waals surface area contributed by atoms with Crippen LogP contribution in [0.15, 0.2) is 64.1 Å². The Balaban J connectivity index is 2.03. The third kappa shape index (κ3) is 2.58. The molecule has 0 saturated heterocycles. The van der Waals surface area contributed by atoms with E-state index < -0.39 is 0 Å². The summed E-state index contributed by atoms with van der Waals surface area (Å²) in [5.41, 5.74) is 3.05. The highest BCUT2D eigenvalue weighted by Gasteiger charge is 2.07. The van der Waals surface area contributed by atoms with Crippen molar-refractivity contribution < 1.29 is 0 Å². The summed E-state index contributed by atoms with van der Waals surface area (Å²) in [6, 6.07) is 13.2. The van der Waals surface area contributed by atoms with Crippen LogP contribution in [0.1, 0.15) is 5.56 Å². The molecule has 0 atom stereocenters. The Kier molecular flexibility index (Phi) is 3.52. The van der Waals surface area contributed by atoms with Crippen molar-refractivity contribution >= 4 is 15.9 Å². The van der Waals surface area contributed by atoms with Crippen molar-refractivity contribution in [2.45, 2.75) is 6.54 Å². The highest BCUT2D eigenvalue weighted by molar-refractivity contribution is 9.10. The number of rotatable bonds is 3. The van der Waals surface area contributed by atoms with E-state index in [2.05, 4.69) is 26.1 Å². The Morgan fingerprint density at radius 2 is 2.00 bits per heavy atom. The van der Waals surface area contributed by atoms with Gasteiger partial charge in [0.2, 0.25) is 0 Å². The lowest BCUT2D eigenvalue weighted by Crippen LogP contribution is -2.19. The molecule has 100 valence electrons. The summed E-state index contributed by atoms with van der Waals surface area (Å²) in [6.07, 6.45) is 3.52. The molecule has 0 aliphatic heterocycles. The van der Waals surface area contributed by atoms with E-state index in [-0.39, 0.29) is 5.56 Å². The van der Waals surface area contributed by atoms with Crippen LogP contribution in [-0.2, 0) is 6.54 Å². The van der Waals surface area contributed by atoms with Gasteiger partial charge in [-0.05, 0) is 33.6 Å². The van der Waals surface area contributed by atoms with E-state index in [0.717, 1.165) is 21.3 Å². The molecule has 0 aliphatic rings. The average Bonchev–Trinajstić information content (AvgIpc) is 2.97. The molecule has 0 fully saturated rings. The summed E-state index contributed by atoms with van der Waals surface area (Å²) in [5.74, 6) is 0. The molecular formula is C15H12BrN3O. The largest absolute Gasteiger partial charge is 0.310 e. The Morgan fingerprint density at radius 1 is 1.15 bits per heavy atom. The smallest absolute Gasteiger partial charge is 0.250 e. The lowest BCUT2D eigenvalue weighted by atomic mass is 10.0. The predicted molar refractivity (Wildman–Crippen MR) is 81.5 cm³/mol. The average molecular weight is 330 g/mol. The van der Waals surface area contributed by atoms with Crippen LogP contribution < -0.4 is 5.56 Å². The van der Waals surface area contributed by atoms with Crippen molar-refractivity contribution in [3.8, 4) is 11.3 Å². The molecule has 2 aromatic heterocycles. The second-order valence-electron chi connectivity index (χ2n) is 4.44. The van der Waals surface area contributed by atoms with Crippen molar-refractivity contribution in [2.24, 2.45) is 0 Å². The molecule has 5 heteroatoms. The van der Waals surface area contributed by atoms with Gasteiger partial charge in [0, 0.05) is 28.5 Å². The number of halogens is 1. The fourth-order valence-corrected chi connectivity index (χ4v) is 2.52. The molecule has 0 saturated carbocycles. The molecule has 0 radical (unpaired) electrons. The second kappa shape index (κ2) is 5.46. The van der Waals surface area contributed by atoms with Crippen molar-refractivity contribution in [2.75, 3.05) is 0 Å². The summed E-state index contributed by atoms with van der Waals surface area (Å²) in [5, 5.41) is 6.94. The van der Waals surface area contributed by atoms with Gasteiger partial charge in [-0.25, -0.2) is 0 Å². The topological polar surface area (TPSA) is 50.7 Å². The van der Waals surface area contributed by atoms with Crippen molar-refractivity contribution in [3.63, 3.8) is 0 Å². The van der Waals surface area contributed by atoms with E-state index in [1.54, 1.807) is 29.1 Å². The van der Waals surface area contributed by atoms with Crippen molar-refractivity contribution in [1.29, 1.82) is 0 Å². The molecule has 2 heterocycles. The zero-order chi connectivity index (χ0) is 13.9. The molecule has 20 heavy (non-hydrogen) atoms. The first kappa shape index (κ1) is 12.9. The van der Waals surface area contributed by atoms with Gasteiger partial charge in [0.25, 0.3) is 5.56 Å². The predicted octanol–water partition coefficient (Wildman–Crippen LogP) is 3.05. The Bertz CT molecular complexity index is 778. The van der Waals surface area contributed by atoms with E-state index in [1.165, 1.54) is 0 Å². The van der Waals surface area contributed by atoms with E-state index in [0.29, 0.717) is 6.54 Å². The maximum Gasteiger partial charge on any atom is 0.250 e. The van der Waals surface area contributed by atoms with Gasteiger partial charge in [0.05, 0.1) is 12.2 Å². The number of aromatic amines is 1. The van der Waals surface area contributed by atoms with Gasteiger partial charge in [-0.2, -0.15) is 5.10 Å². The van der Waals surface area contributed by atoms with Gasteiger partial charge in [0.1, 0.15) is 0 Å². The molecule has 3 rings (SSSR count). The number of nitrogens with zero attached hydrogens (tertiary/aromatic N) is 2. The fraction of sp³-hybridized carbons (Fsp3) is 0.0667. The van der Waals surface area contributed by atoms with Crippen LogP contribution in [0.2, 0.25) is 0 Å². The molecular weight excluding hydrogens is 318 g/mol. The monoisotopic (exact) mass is 329 g/mol. The minimum absolute atomic E-state index is 0.0207. The molecule has 0 aliphatic carbocycles. The van der Waals surface area contributed by atoms with E-state index >= 15 is 0 Å². The lowest BCUT2D eigenvalue weighted by Gasteiger charge is -2.10. The van der Waals surface area contributed by atoms with Crippen LogP contribution in [-0.4, -0.2) is 14.8 Å². The molecule has 0 unspecified atom stereocenters. The summed E-state index contributed by atoms with van der Waals surface area (Å²) < 4.78 is 2.57. The standard InChI is InChI=1S/C15H12BrN3O/c16-12-5-6-15(20)19(10-12)9-11-3-1-2-4-13(11)14-7-8-17-18-14/h1-8,10H,9H2,(H,17,18). The third-order valence-corrected chi connectivity index (χ3v) is 3.57. The summed E-state index contributed by atoms with van der Waals surface area (Å²) in [6.45, 7) is 0.521. The number of pyridine rings is 1.